The van der Waals surface area contributed by atoms with E-state index < -0.39 is 17.3 Å². The van der Waals surface area contributed by atoms with Crippen LogP contribution < -0.4 is 4.74 Å². The molecule has 1 atom stereocenters. The highest BCUT2D eigenvalue weighted by atomic mass is 16.5. The molecule has 0 amide bonds. The highest BCUT2D eigenvalue weighted by Gasteiger charge is 2.24. The van der Waals surface area contributed by atoms with Crippen molar-refractivity contribution < 1.29 is 30.0 Å². The van der Waals surface area contributed by atoms with Crippen LogP contribution in [-0.2, 0) is 6.42 Å². The van der Waals surface area contributed by atoms with Crippen LogP contribution in [0.2, 0.25) is 0 Å². The van der Waals surface area contributed by atoms with Crippen molar-refractivity contribution in [1.29, 1.82) is 0 Å². The second kappa shape index (κ2) is 10.6. The van der Waals surface area contributed by atoms with E-state index in [9.17, 15) is 25.2 Å². The number of phenols is 4. The summed E-state index contributed by atoms with van der Waals surface area (Å²) in [5.74, 6) is -1.67. The lowest BCUT2D eigenvalue weighted by molar-refractivity contribution is 0.104. The monoisotopic (exact) mass is 438 g/mol. The molecule has 2 rings (SSSR count). The van der Waals surface area contributed by atoms with Crippen molar-refractivity contribution in [2.45, 2.75) is 33.6 Å². The van der Waals surface area contributed by atoms with Gasteiger partial charge in [-0.2, -0.15) is 0 Å². The van der Waals surface area contributed by atoms with Gasteiger partial charge in [-0.3, -0.25) is 4.79 Å². The summed E-state index contributed by atoms with van der Waals surface area (Å²) >= 11 is 0. The molecule has 0 spiro atoms. The molecule has 0 heterocycles. The van der Waals surface area contributed by atoms with Crippen LogP contribution in [0.1, 0.15) is 48.7 Å². The molecule has 2 aromatic rings. The Bertz CT molecular complexity index is 1070. The van der Waals surface area contributed by atoms with Crippen LogP contribution in [0.15, 0.2) is 54.1 Å². The zero-order valence-electron chi connectivity index (χ0n) is 18.8. The number of methoxy groups -OCH3 is 1. The topological polar surface area (TPSA) is 107 Å². The van der Waals surface area contributed by atoms with Gasteiger partial charge in [0.2, 0.25) is 0 Å². The molecule has 6 nitrogen and oxygen atoms in total. The van der Waals surface area contributed by atoms with Crippen LogP contribution in [0.4, 0.5) is 0 Å². The van der Waals surface area contributed by atoms with Crippen molar-refractivity contribution in [2.24, 2.45) is 5.92 Å². The second-order valence-electron chi connectivity index (χ2n) is 8.00. The van der Waals surface area contributed by atoms with E-state index in [0.29, 0.717) is 17.7 Å². The number of phenolic OH excluding ortho intramolecular Hbond substituents is 4. The van der Waals surface area contributed by atoms with E-state index in [2.05, 4.69) is 6.58 Å². The lowest BCUT2D eigenvalue weighted by Crippen LogP contribution is -2.07. The van der Waals surface area contributed by atoms with Crippen molar-refractivity contribution in [1.82, 2.24) is 0 Å². The van der Waals surface area contributed by atoms with Gasteiger partial charge in [0.15, 0.2) is 5.78 Å². The maximum atomic E-state index is 12.8. The summed E-state index contributed by atoms with van der Waals surface area (Å²) in [4.78, 5) is 12.8. The van der Waals surface area contributed by atoms with E-state index in [-0.39, 0.29) is 35.0 Å². The van der Waals surface area contributed by atoms with Crippen LogP contribution in [-0.4, -0.2) is 33.3 Å². The number of rotatable bonds is 9. The SMILES string of the molecule is C=C(C)[C@H](CC=C(C)C)Cc1c(O)cc(O)c(C(=O)C=Cc2ccc(OC)cc2O)c1O. The Labute approximate surface area is 188 Å². The molecule has 6 heteroatoms. The fourth-order valence-electron chi connectivity index (χ4n) is 3.25. The smallest absolute Gasteiger partial charge is 0.193 e. The third kappa shape index (κ3) is 5.94. The number of allylic oxidation sites excluding steroid dienone is 4. The van der Waals surface area contributed by atoms with Crippen molar-refractivity contribution in [3.05, 3.63) is 70.8 Å². The third-order valence-corrected chi connectivity index (χ3v) is 5.22. The van der Waals surface area contributed by atoms with Gasteiger partial charge in [0.1, 0.15) is 34.3 Å². The maximum Gasteiger partial charge on any atom is 0.193 e. The molecule has 32 heavy (non-hydrogen) atoms. The molecule has 0 aliphatic rings. The van der Waals surface area contributed by atoms with Gasteiger partial charge in [-0.25, -0.2) is 0 Å². The number of aromatic hydroxyl groups is 4. The van der Waals surface area contributed by atoms with Gasteiger partial charge in [-0.1, -0.05) is 23.8 Å². The first-order chi connectivity index (χ1) is 15.0. The minimum atomic E-state index is -0.673. The van der Waals surface area contributed by atoms with Crippen molar-refractivity contribution >= 4 is 11.9 Å². The van der Waals surface area contributed by atoms with E-state index in [4.69, 9.17) is 4.74 Å². The van der Waals surface area contributed by atoms with Gasteiger partial charge in [0, 0.05) is 23.3 Å². The Morgan fingerprint density at radius 3 is 2.31 bits per heavy atom. The number of hydrogen-bond donors (Lipinski definition) is 4. The number of carbonyl (C=O) groups excluding carboxylic acids is 1. The van der Waals surface area contributed by atoms with Crippen LogP contribution >= 0.6 is 0 Å². The number of ketones is 1. The maximum absolute atomic E-state index is 12.8. The summed E-state index contributed by atoms with van der Waals surface area (Å²) in [6.45, 7) is 9.83. The largest absolute Gasteiger partial charge is 0.507 e. The van der Waals surface area contributed by atoms with E-state index in [1.165, 1.54) is 19.3 Å². The van der Waals surface area contributed by atoms with Crippen molar-refractivity contribution in [3.8, 4) is 28.7 Å². The summed E-state index contributed by atoms with van der Waals surface area (Å²) in [6.07, 6.45) is 5.46. The molecule has 2 aromatic carbocycles. The highest BCUT2D eigenvalue weighted by molar-refractivity contribution is 6.11. The van der Waals surface area contributed by atoms with E-state index in [1.54, 1.807) is 12.1 Å². The lowest BCUT2D eigenvalue weighted by Gasteiger charge is -2.19. The molecule has 0 saturated heterocycles. The standard InChI is InChI=1S/C26H30O6/c1-15(2)6-7-18(16(3)4)12-20-23(29)14-24(30)25(26(20)31)21(27)11-9-17-8-10-19(32-5)13-22(17)28/h6,8-11,13-14,18,28-31H,3,7,12H2,1-2,4-5H3/t18-/m1/s1. The minimum Gasteiger partial charge on any atom is -0.507 e. The van der Waals surface area contributed by atoms with Crippen LogP contribution in [0, 0.1) is 5.92 Å². The zero-order chi connectivity index (χ0) is 24.0. The van der Waals surface area contributed by atoms with Gasteiger partial charge in [-0.15, -0.1) is 0 Å². The molecule has 0 aromatic heterocycles. The Kier molecular flexibility index (Phi) is 8.13. The number of hydrogen-bond acceptors (Lipinski definition) is 6. The van der Waals surface area contributed by atoms with Gasteiger partial charge < -0.3 is 25.2 Å². The summed E-state index contributed by atoms with van der Waals surface area (Å²) < 4.78 is 5.03. The molecular formula is C26H30O6. The first-order valence-electron chi connectivity index (χ1n) is 10.2. The van der Waals surface area contributed by atoms with E-state index in [0.717, 1.165) is 23.3 Å². The lowest BCUT2D eigenvalue weighted by atomic mass is 9.88. The zero-order valence-corrected chi connectivity index (χ0v) is 18.8. The average Bonchev–Trinajstić information content (AvgIpc) is 2.71. The second-order valence-corrected chi connectivity index (χ2v) is 8.00. The van der Waals surface area contributed by atoms with Gasteiger partial charge in [0.05, 0.1) is 7.11 Å². The number of ether oxygens (including phenoxy) is 1. The Morgan fingerprint density at radius 2 is 1.75 bits per heavy atom. The molecule has 0 aliphatic heterocycles. The van der Waals surface area contributed by atoms with Crippen molar-refractivity contribution in [2.75, 3.05) is 7.11 Å². The van der Waals surface area contributed by atoms with Crippen LogP contribution in [0.25, 0.3) is 6.08 Å². The quantitative estimate of drug-likeness (QED) is 0.234. The third-order valence-electron chi connectivity index (χ3n) is 5.22. The Hall–Kier alpha value is -3.67. The molecule has 0 saturated carbocycles. The van der Waals surface area contributed by atoms with Gasteiger partial charge in [0.25, 0.3) is 0 Å². The summed E-state index contributed by atoms with van der Waals surface area (Å²) in [6, 6.07) is 5.65. The molecule has 170 valence electrons. The molecule has 0 bridgehead atoms. The predicted octanol–water partition coefficient (Wildman–Crippen LogP) is 5.50. The summed E-state index contributed by atoms with van der Waals surface area (Å²) in [7, 11) is 1.47. The first kappa shape index (κ1) is 24.6. The molecule has 0 aliphatic carbocycles. The minimum absolute atomic E-state index is 0.0685. The van der Waals surface area contributed by atoms with E-state index in [1.807, 2.05) is 26.8 Å². The van der Waals surface area contributed by atoms with Gasteiger partial charge >= 0.3 is 0 Å². The predicted molar refractivity (Wildman–Crippen MR) is 126 cm³/mol. The molecule has 0 radical (unpaired) electrons. The highest BCUT2D eigenvalue weighted by Crippen LogP contribution is 2.40. The summed E-state index contributed by atoms with van der Waals surface area (Å²) in [5.41, 5.74) is 2.23. The van der Waals surface area contributed by atoms with Crippen LogP contribution in [0.5, 0.6) is 28.7 Å². The van der Waals surface area contributed by atoms with Crippen molar-refractivity contribution in [3.63, 3.8) is 0 Å². The molecule has 0 fully saturated rings. The first-order valence-corrected chi connectivity index (χ1v) is 10.2. The van der Waals surface area contributed by atoms with E-state index >= 15 is 0 Å². The number of benzene rings is 2. The molecular weight excluding hydrogens is 408 g/mol. The molecule has 0 unspecified atom stereocenters. The number of carbonyl (C=O) groups is 1. The van der Waals surface area contributed by atoms with Gasteiger partial charge in [-0.05, 0) is 63.8 Å². The summed E-state index contributed by atoms with van der Waals surface area (Å²) in [5, 5.41) is 41.4. The van der Waals surface area contributed by atoms with Crippen LogP contribution in [0.3, 0.4) is 0 Å². The molecule has 4 N–H and O–H groups in total. The Balaban J connectivity index is 2.39. The average molecular weight is 439 g/mol. The fourth-order valence-corrected chi connectivity index (χ4v) is 3.25. The normalized spacial score (nSPS) is 11.9. The Morgan fingerprint density at radius 1 is 1.06 bits per heavy atom. The fraction of sp³-hybridized carbons (Fsp3) is 0.269.